The van der Waals surface area contributed by atoms with E-state index >= 15 is 0 Å². The molecule has 1 saturated heterocycles. The third kappa shape index (κ3) is 4.17. The van der Waals surface area contributed by atoms with Crippen LogP contribution in [-0.2, 0) is 9.47 Å². The van der Waals surface area contributed by atoms with Crippen molar-refractivity contribution in [2.24, 2.45) is 11.3 Å². The maximum Gasteiger partial charge on any atom is 0.0672 e. The van der Waals surface area contributed by atoms with E-state index < -0.39 is 0 Å². The Hall–Kier alpha value is -0.120. The van der Waals surface area contributed by atoms with Crippen molar-refractivity contribution in [2.75, 3.05) is 33.4 Å². The highest BCUT2D eigenvalue weighted by Gasteiger charge is 2.50. The number of ether oxygens (including phenoxy) is 2. The Labute approximate surface area is 118 Å². The standard InChI is InChI=1S/C16H31NO2/c1-3-10-17-13-16(8-4-5-11-18-2)9-12-19-15(16)14-6-7-14/h14-15,17H,3-13H2,1-2H3. The summed E-state index contributed by atoms with van der Waals surface area (Å²) in [5.41, 5.74) is 0.407. The van der Waals surface area contributed by atoms with Crippen LogP contribution in [0.1, 0.15) is 51.9 Å². The van der Waals surface area contributed by atoms with Crippen LogP contribution in [0.25, 0.3) is 0 Å². The molecular weight excluding hydrogens is 238 g/mol. The maximum absolute atomic E-state index is 6.11. The second-order valence-corrected chi connectivity index (χ2v) is 6.37. The molecule has 0 spiro atoms. The van der Waals surface area contributed by atoms with Crippen molar-refractivity contribution < 1.29 is 9.47 Å². The first kappa shape index (κ1) is 15.3. The summed E-state index contributed by atoms with van der Waals surface area (Å²) in [6.45, 7) is 6.39. The quantitative estimate of drug-likeness (QED) is 0.618. The van der Waals surface area contributed by atoms with Gasteiger partial charge in [-0.1, -0.05) is 13.3 Å². The van der Waals surface area contributed by atoms with Crippen LogP contribution in [0.2, 0.25) is 0 Å². The smallest absolute Gasteiger partial charge is 0.0672 e. The molecule has 2 atom stereocenters. The molecule has 1 aliphatic carbocycles. The molecule has 0 bridgehead atoms. The molecule has 1 aliphatic heterocycles. The number of hydrogen-bond acceptors (Lipinski definition) is 3. The average molecular weight is 269 g/mol. The molecule has 2 rings (SSSR count). The first-order chi connectivity index (χ1) is 9.32. The SMILES string of the molecule is CCCNCC1(CCCCOC)CCOC1C1CC1. The van der Waals surface area contributed by atoms with Gasteiger partial charge in [-0.3, -0.25) is 0 Å². The number of nitrogens with one attached hydrogen (secondary N) is 1. The van der Waals surface area contributed by atoms with Gasteiger partial charge in [-0.05, 0) is 51.0 Å². The summed E-state index contributed by atoms with van der Waals surface area (Å²) in [4.78, 5) is 0. The van der Waals surface area contributed by atoms with Gasteiger partial charge in [-0.15, -0.1) is 0 Å². The van der Waals surface area contributed by atoms with Crippen molar-refractivity contribution in [2.45, 2.75) is 58.0 Å². The van der Waals surface area contributed by atoms with Crippen molar-refractivity contribution >= 4 is 0 Å². The van der Waals surface area contributed by atoms with Gasteiger partial charge in [0.15, 0.2) is 0 Å². The first-order valence-electron chi connectivity index (χ1n) is 8.13. The first-order valence-corrected chi connectivity index (χ1v) is 8.13. The minimum absolute atomic E-state index is 0.407. The third-order valence-corrected chi connectivity index (χ3v) is 4.73. The fourth-order valence-corrected chi connectivity index (χ4v) is 3.53. The zero-order chi connectivity index (χ0) is 13.6. The summed E-state index contributed by atoms with van der Waals surface area (Å²) in [5, 5.41) is 3.66. The lowest BCUT2D eigenvalue weighted by Gasteiger charge is -2.35. The summed E-state index contributed by atoms with van der Waals surface area (Å²) in [5.74, 6) is 0.855. The van der Waals surface area contributed by atoms with Crippen LogP contribution in [0.3, 0.4) is 0 Å². The van der Waals surface area contributed by atoms with Crippen molar-refractivity contribution in [3.8, 4) is 0 Å². The number of rotatable bonds is 10. The van der Waals surface area contributed by atoms with E-state index in [0.717, 1.165) is 32.2 Å². The molecule has 2 aliphatic rings. The molecule has 3 nitrogen and oxygen atoms in total. The Morgan fingerprint density at radius 2 is 2.16 bits per heavy atom. The fraction of sp³-hybridized carbons (Fsp3) is 1.00. The highest BCUT2D eigenvalue weighted by Crippen LogP contribution is 2.50. The van der Waals surface area contributed by atoms with Gasteiger partial charge in [0.25, 0.3) is 0 Å². The monoisotopic (exact) mass is 269 g/mol. The molecule has 1 N–H and O–H groups in total. The van der Waals surface area contributed by atoms with Crippen molar-refractivity contribution in [3.63, 3.8) is 0 Å². The van der Waals surface area contributed by atoms with Gasteiger partial charge in [-0.2, -0.15) is 0 Å². The van der Waals surface area contributed by atoms with Crippen LogP contribution in [0.5, 0.6) is 0 Å². The summed E-state index contributed by atoms with van der Waals surface area (Å²) in [6, 6.07) is 0. The molecule has 0 aromatic rings. The van der Waals surface area contributed by atoms with E-state index in [1.54, 1.807) is 7.11 Å². The molecule has 112 valence electrons. The molecule has 2 unspecified atom stereocenters. The molecular formula is C16H31NO2. The molecule has 0 amide bonds. The second kappa shape index (κ2) is 7.61. The molecule has 2 fully saturated rings. The Morgan fingerprint density at radius 3 is 2.84 bits per heavy atom. The highest BCUT2D eigenvalue weighted by atomic mass is 16.5. The number of methoxy groups -OCH3 is 1. The van der Waals surface area contributed by atoms with Gasteiger partial charge in [0.1, 0.15) is 0 Å². The van der Waals surface area contributed by atoms with Crippen LogP contribution in [-0.4, -0.2) is 39.5 Å². The van der Waals surface area contributed by atoms with Gasteiger partial charge in [0.05, 0.1) is 6.10 Å². The predicted molar refractivity (Wildman–Crippen MR) is 78.4 cm³/mol. The minimum Gasteiger partial charge on any atom is -0.385 e. The van der Waals surface area contributed by atoms with Crippen LogP contribution >= 0.6 is 0 Å². The normalized spacial score (nSPS) is 30.9. The molecule has 1 saturated carbocycles. The third-order valence-electron chi connectivity index (χ3n) is 4.73. The Bertz CT molecular complexity index is 255. The van der Waals surface area contributed by atoms with E-state index in [1.807, 2.05) is 0 Å². The van der Waals surface area contributed by atoms with Gasteiger partial charge in [-0.25, -0.2) is 0 Å². The summed E-state index contributed by atoms with van der Waals surface area (Å²) in [6.07, 6.45) is 9.52. The van der Waals surface area contributed by atoms with E-state index in [0.29, 0.717) is 11.5 Å². The zero-order valence-corrected chi connectivity index (χ0v) is 12.7. The van der Waals surface area contributed by atoms with Gasteiger partial charge in [0, 0.05) is 32.3 Å². The highest BCUT2D eigenvalue weighted by molar-refractivity contribution is 5.00. The Morgan fingerprint density at radius 1 is 1.32 bits per heavy atom. The van der Waals surface area contributed by atoms with Crippen molar-refractivity contribution in [3.05, 3.63) is 0 Å². The van der Waals surface area contributed by atoms with E-state index in [9.17, 15) is 0 Å². The van der Waals surface area contributed by atoms with Gasteiger partial charge in [0.2, 0.25) is 0 Å². The average Bonchev–Trinajstić information content (AvgIpc) is 3.18. The Kier molecular flexibility index (Phi) is 6.11. The maximum atomic E-state index is 6.11. The lowest BCUT2D eigenvalue weighted by Crippen LogP contribution is -2.42. The lowest BCUT2D eigenvalue weighted by atomic mass is 9.74. The van der Waals surface area contributed by atoms with Gasteiger partial charge < -0.3 is 14.8 Å². The van der Waals surface area contributed by atoms with Crippen LogP contribution in [0, 0.1) is 11.3 Å². The molecule has 19 heavy (non-hydrogen) atoms. The minimum atomic E-state index is 0.407. The molecule has 3 heteroatoms. The van der Waals surface area contributed by atoms with Crippen LogP contribution in [0.4, 0.5) is 0 Å². The summed E-state index contributed by atoms with van der Waals surface area (Å²) >= 11 is 0. The molecule has 0 aromatic carbocycles. The van der Waals surface area contributed by atoms with E-state index in [1.165, 1.54) is 44.9 Å². The fourth-order valence-electron chi connectivity index (χ4n) is 3.53. The second-order valence-electron chi connectivity index (χ2n) is 6.37. The Balaban J connectivity index is 1.87. The lowest BCUT2D eigenvalue weighted by molar-refractivity contribution is 0.0246. The summed E-state index contributed by atoms with van der Waals surface area (Å²) in [7, 11) is 1.80. The largest absolute Gasteiger partial charge is 0.385 e. The predicted octanol–water partition coefficient (Wildman–Crippen LogP) is 2.99. The van der Waals surface area contributed by atoms with Gasteiger partial charge >= 0.3 is 0 Å². The van der Waals surface area contributed by atoms with E-state index in [-0.39, 0.29) is 0 Å². The molecule has 0 aromatic heterocycles. The number of unbranched alkanes of at least 4 members (excludes halogenated alkanes) is 1. The molecule has 0 radical (unpaired) electrons. The van der Waals surface area contributed by atoms with Crippen molar-refractivity contribution in [1.29, 1.82) is 0 Å². The number of hydrogen-bond donors (Lipinski definition) is 1. The van der Waals surface area contributed by atoms with E-state index in [4.69, 9.17) is 9.47 Å². The van der Waals surface area contributed by atoms with E-state index in [2.05, 4.69) is 12.2 Å². The topological polar surface area (TPSA) is 30.5 Å². The van der Waals surface area contributed by atoms with Crippen molar-refractivity contribution in [1.82, 2.24) is 5.32 Å². The van der Waals surface area contributed by atoms with Crippen LogP contribution in [0.15, 0.2) is 0 Å². The zero-order valence-electron chi connectivity index (χ0n) is 12.7. The van der Waals surface area contributed by atoms with Crippen LogP contribution < -0.4 is 5.32 Å². The summed E-state index contributed by atoms with van der Waals surface area (Å²) < 4.78 is 11.3. The molecule has 1 heterocycles.